The van der Waals surface area contributed by atoms with Gasteiger partial charge in [0.15, 0.2) is 0 Å². The van der Waals surface area contributed by atoms with Crippen LogP contribution in [-0.2, 0) is 15.0 Å². The van der Waals surface area contributed by atoms with Crippen LogP contribution in [0.1, 0.15) is 37.7 Å². The molecule has 1 saturated heterocycles. The van der Waals surface area contributed by atoms with E-state index in [1.54, 1.807) is 30.1 Å². The minimum absolute atomic E-state index is 0.0106. The predicted octanol–water partition coefficient (Wildman–Crippen LogP) is 3.39. The summed E-state index contributed by atoms with van der Waals surface area (Å²) in [5, 5.41) is 5.86. The number of nitrogens with zero attached hydrogens (tertiary/aromatic N) is 3. The monoisotopic (exact) mass is 490 g/mol. The first-order valence-corrected chi connectivity index (χ1v) is 12.7. The van der Waals surface area contributed by atoms with Crippen LogP contribution < -0.4 is 20.3 Å². The molecule has 0 bridgehead atoms. The van der Waals surface area contributed by atoms with Gasteiger partial charge >= 0.3 is 0 Å². The van der Waals surface area contributed by atoms with Gasteiger partial charge in [0.1, 0.15) is 17.0 Å². The standard InChI is InChI=1S/C18H25N3O2S.C5H6ClN3/c1-24-20-12-18(9-3-10-18)14-5-7-15(8-6-14)21-11-2-4-16(17(21)23)19-13-22;1-7-5-3-8-4(6)2-9-5/h5-8,13,16,20H,2-4,9-12H2,1H3,(H,19,22);2-3H,1H3,(H,7,9). The number of benzene rings is 1. The number of carbonyl (C=O) groups is 2. The Balaban J connectivity index is 0.000000286. The number of anilines is 2. The molecule has 1 atom stereocenters. The molecule has 1 aromatic heterocycles. The van der Waals surface area contributed by atoms with Crippen molar-refractivity contribution >= 4 is 47.4 Å². The summed E-state index contributed by atoms with van der Waals surface area (Å²) in [6.07, 6.45) is 11.1. The lowest BCUT2D eigenvalue weighted by Crippen LogP contribution is -2.50. The molecule has 1 aliphatic heterocycles. The van der Waals surface area contributed by atoms with Crippen LogP contribution in [0.3, 0.4) is 0 Å². The van der Waals surface area contributed by atoms with Gasteiger partial charge in [0.25, 0.3) is 0 Å². The molecule has 178 valence electrons. The first kappa shape index (κ1) is 25.3. The number of hydrogen-bond acceptors (Lipinski definition) is 7. The number of nitrogens with one attached hydrogen (secondary N) is 3. The van der Waals surface area contributed by atoms with E-state index < -0.39 is 0 Å². The summed E-state index contributed by atoms with van der Waals surface area (Å²) >= 11 is 7.13. The number of piperidine rings is 1. The third-order valence-electron chi connectivity index (χ3n) is 6.24. The number of carbonyl (C=O) groups excluding carboxylic acids is 2. The Labute approximate surface area is 204 Å². The Morgan fingerprint density at radius 1 is 1.21 bits per heavy atom. The Morgan fingerprint density at radius 2 is 1.97 bits per heavy atom. The van der Waals surface area contributed by atoms with E-state index in [9.17, 15) is 9.59 Å². The van der Waals surface area contributed by atoms with E-state index >= 15 is 0 Å². The highest BCUT2D eigenvalue weighted by Crippen LogP contribution is 2.44. The van der Waals surface area contributed by atoms with E-state index in [1.165, 1.54) is 31.0 Å². The van der Waals surface area contributed by atoms with Crippen molar-refractivity contribution in [1.82, 2.24) is 20.0 Å². The van der Waals surface area contributed by atoms with Crippen molar-refractivity contribution in [2.24, 2.45) is 0 Å². The lowest BCUT2D eigenvalue weighted by atomic mass is 9.64. The molecule has 1 aliphatic carbocycles. The minimum atomic E-state index is -0.389. The van der Waals surface area contributed by atoms with Crippen molar-refractivity contribution in [3.05, 3.63) is 47.4 Å². The van der Waals surface area contributed by atoms with Crippen LogP contribution in [0.5, 0.6) is 0 Å². The van der Waals surface area contributed by atoms with Gasteiger partial charge in [0, 0.05) is 31.2 Å². The molecule has 3 N–H and O–H groups in total. The predicted molar refractivity (Wildman–Crippen MR) is 135 cm³/mol. The first-order chi connectivity index (χ1) is 16.0. The molecule has 10 heteroatoms. The lowest BCUT2D eigenvalue weighted by molar-refractivity contribution is -0.124. The average Bonchev–Trinajstić information content (AvgIpc) is 2.81. The third-order valence-corrected chi connectivity index (χ3v) is 6.87. The molecule has 1 unspecified atom stereocenters. The summed E-state index contributed by atoms with van der Waals surface area (Å²) in [4.78, 5) is 32.6. The highest BCUT2D eigenvalue weighted by atomic mass is 35.5. The zero-order valence-corrected chi connectivity index (χ0v) is 20.6. The SMILES string of the molecule is CNc1cnc(Cl)cn1.CSNCC1(c2ccc(N3CCCC(NC=O)C3=O)cc2)CCC1. The summed E-state index contributed by atoms with van der Waals surface area (Å²) in [6.45, 7) is 1.70. The normalized spacial score (nSPS) is 19.1. The molecular weight excluding hydrogens is 460 g/mol. The van der Waals surface area contributed by atoms with Crippen molar-refractivity contribution in [2.45, 2.75) is 43.6 Å². The van der Waals surface area contributed by atoms with Gasteiger partial charge in [-0.2, -0.15) is 0 Å². The van der Waals surface area contributed by atoms with Gasteiger partial charge in [-0.1, -0.05) is 42.1 Å². The Kier molecular flexibility index (Phi) is 9.34. The molecular formula is C23H31ClN6O2S. The number of halogens is 1. The van der Waals surface area contributed by atoms with E-state index in [-0.39, 0.29) is 17.4 Å². The van der Waals surface area contributed by atoms with Crippen molar-refractivity contribution in [1.29, 1.82) is 0 Å². The summed E-state index contributed by atoms with van der Waals surface area (Å²) in [5.41, 5.74) is 2.52. The molecule has 0 spiro atoms. The third kappa shape index (κ3) is 6.37. The molecule has 1 saturated carbocycles. The number of aromatic nitrogens is 2. The highest BCUT2D eigenvalue weighted by Gasteiger charge is 2.38. The molecule has 2 heterocycles. The Bertz CT molecular complexity index is 908. The Morgan fingerprint density at radius 3 is 2.52 bits per heavy atom. The highest BCUT2D eigenvalue weighted by molar-refractivity contribution is 7.96. The van der Waals surface area contributed by atoms with Crippen LogP contribution in [0.4, 0.5) is 11.5 Å². The lowest BCUT2D eigenvalue weighted by Gasteiger charge is -2.43. The van der Waals surface area contributed by atoms with E-state index in [4.69, 9.17) is 11.6 Å². The van der Waals surface area contributed by atoms with Crippen LogP contribution in [0.15, 0.2) is 36.7 Å². The average molecular weight is 491 g/mol. The molecule has 2 amide bonds. The van der Waals surface area contributed by atoms with Gasteiger partial charge in [-0.15, -0.1) is 0 Å². The maximum atomic E-state index is 12.5. The van der Waals surface area contributed by atoms with Crippen LogP contribution >= 0.6 is 23.5 Å². The molecule has 1 aromatic carbocycles. The summed E-state index contributed by atoms with van der Waals surface area (Å²) in [6, 6.07) is 8.05. The molecule has 2 fully saturated rings. The number of hydrogen-bond donors (Lipinski definition) is 3. The molecule has 2 aliphatic rings. The number of rotatable bonds is 8. The second-order valence-corrected chi connectivity index (χ2v) is 9.23. The summed E-state index contributed by atoms with van der Waals surface area (Å²) in [7, 11) is 1.78. The topological polar surface area (TPSA) is 99.2 Å². The molecule has 33 heavy (non-hydrogen) atoms. The van der Waals surface area contributed by atoms with Gasteiger partial charge in [-0.05, 0) is 49.6 Å². The van der Waals surface area contributed by atoms with E-state index in [0.29, 0.717) is 18.1 Å². The molecule has 2 aromatic rings. The quantitative estimate of drug-likeness (QED) is 0.385. The van der Waals surface area contributed by atoms with Crippen molar-refractivity contribution < 1.29 is 9.59 Å². The van der Waals surface area contributed by atoms with Crippen LogP contribution in [0.2, 0.25) is 5.15 Å². The minimum Gasteiger partial charge on any atom is -0.372 e. The van der Waals surface area contributed by atoms with Crippen molar-refractivity contribution in [2.75, 3.05) is 36.6 Å². The Hall–Kier alpha value is -2.36. The smallest absolute Gasteiger partial charge is 0.249 e. The van der Waals surface area contributed by atoms with Gasteiger partial charge in [0.2, 0.25) is 12.3 Å². The van der Waals surface area contributed by atoms with Gasteiger partial charge in [-0.3, -0.25) is 14.3 Å². The largest absolute Gasteiger partial charge is 0.372 e. The van der Waals surface area contributed by atoms with Crippen LogP contribution in [0, 0.1) is 0 Å². The maximum absolute atomic E-state index is 12.5. The van der Waals surface area contributed by atoms with Crippen molar-refractivity contribution in [3.63, 3.8) is 0 Å². The fourth-order valence-electron chi connectivity index (χ4n) is 4.19. The van der Waals surface area contributed by atoms with E-state index in [2.05, 4.69) is 55.8 Å². The zero-order chi connectivity index (χ0) is 23.7. The van der Waals surface area contributed by atoms with Crippen LogP contribution in [-0.4, -0.2) is 54.7 Å². The number of amides is 2. The van der Waals surface area contributed by atoms with E-state index in [1.807, 2.05) is 0 Å². The zero-order valence-electron chi connectivity index (χ0n) is 19.0. The van der Waals surface area contributed by atoms with E-state index in [0.717, 1.165) is 30.9 Å². The second kappa shape index (κ2) is 12.2. The van der Waals surface area contributed by atoms with Gasteiger partial charge in [0.05, 0.1) is 12.4 Å². The van der Waals surface area contributed by atoms with Gasteiger partial charge in [-0.25, -0.2) is 9.97 Å². The summed E-state index contributed by atoms with van der Waals surface area (Å²) < 4.78 is 3.41. The van der Waals surface area contributed by atoms with Gasteiger partial charge < -0.3 is 15.5 Å². The summed E-state index contributed by atoms with van der Waals surface area (Å²) in [5.74, 6) is 0.711. The molecule has 4 rings (SSSR count). The molecule has 8 nitrogen and oxygen atoms in total. The first-order valence-electron chi connectivity index (χ1n) is 11.1. The fraction of sp³-hybridized carbons (Fsp3) is 0.478. The van der Waals surface area contributed by atoms with Crippen molar-refractivity contribution in [3.8, 4) is 0 Å². The second-order valence-electron chi connectivity index (χ2n) is 8.15. The maximum Gasteiger partial charge on any atom is 0.249 e. The fourth-order valence-corrected chi connectivity index (χ4v) is 4.70. The van der Waals surface area contributed by atoms with Crippen LogP contribution in [0.25, 0.3) is 0 Å². The molecule has 0 radical (unpaired) electrons.